The van der Waals surface area contributed by atoms with E-state index in [9.17, 15) is 22.8 Å². The van der Waals surface area contributed by atoms with Crippen LogP contribution in [0.25, 0.3) is 0 Å². The van der Waals surface area contributed by atoms with Crippen molar-refractivity contribution in [1.82, 2.24) is 4.57 Å². The third-order valence-corrected chi connectivity index (χ3v) is 3.49. The van der Waals surface area contributed by atoms with Crippen LogP contribution in [0, 0.1) is 6.92 Å². The van der Waals surface area contributed by atoms with Gasteiger partial charge in [0.25, 0.3) is 5.56 Å². The minimum atomic E-state index is -4.58. The molecule has 8 heteroatoms. The molecule has 23 heavy (non-hydrogen) atoms. The number of anilines is 1. The molecule has 4 nitrogen and oxygen atoms in total. The topological polar surface area (TPSA) is 51.1 Å². The fourth-order valence-corrected chi connectivity index (χ4v) is 2.63. The summed E-state index contributed by atoms with van der Waals surface area (Å²) >= 11 is 3.20. The van der Waals surface area contributed by atoms with Crippen molar-refractivity contribution < 1.29 is 18.0 Å². The number of aromatic nitrogens is 1. The van der Waals surface area contributed by atoms with Crippen molar-refractivity contribution in [3.05, 3.63) is 62.5 Å². The van der Waals surface area contributed by atoms with Gasteiger partial charge in [-0.15, -0.1) is 0 Å². The number of aryl methyl sites for hydroxylation is 1. The quantitative estimate of drug-likeness (QED) is 0.873. The number of nitrogens with one attached hydrogen (secondary N) is 1. The summed E-state index contributed by atoms with van der Waals surface area (Å²) in [5, 5.41) is 2.20. The first kappa shape index (κ1) is 17.3. The van der Waals surface area contributed by atoms with Gasteiger partial charge in [-0.1, -0.05) is 12.1 Å². The van der Waals surface area contributed by atoms with E-state index in [1.165, 1.54) is 18.3 Å². The summed E-state index contributed by atoms with van der Waals surface area (Å²) in [5.41, 5.74) is -1.24. The van der Waals surface area contributed by atoms with Gasteiger partial charge in [0.1, 0.15) is 6.54 Å². The normalized spacial score (nSPS) is 11.3. The highest BCUT2D eigenvalue weighted by atomic mass is 79.9. The summed E-state index contributed by atoms with van der Waals surface area (Å²) in [4.78, 5) is 23.9. The van der Waals surface area contributed by atoms with Crippen LogP contribution >= 0.6 is 15.9 Å². The number of pyridine rings is 1. The molecule has 1 N–H and O–H groups in total. The summed E-state index contributed by atoms with van der Waals surface area (Å²) in [6, 6.07) is 6.26. The Labute approximate surface area is 138 Å². The number of para-hydroxylation sites is 1. The average molecular weight is 389 g/mol. The largest absolute Gasteiger partial charge is 0.418 e. The van der Waals surface area contributed by atoms with E-state index < -0.39 is 17.6 Å². The van der Waals surface area contributed by atoms with Crippen LogP contribution in [0.5, 0.6) is 0 Å². The van der Waals surface area contributed by atoms with Gasteiger partial charge in [-0.2, -0.15) is 13.2 Å². The van der Waals surface area contributed by atoms with Crippen LogP contribution in [0.4, 0.5) is 18.9 Å². The lowest BCUT2D eigenvalue weighted by Crippen LogP contribution is -2.29. The van der Waals surface area contributed by atoms with E-state index in [4.69, 9.17) is 0 Å². The van der Waals surface area contributed by atoms with Gasteiger partial charge in [0.2, 0.25) is 5.91 Å². The summed E-state index contributed by atoms with van der Waals surface area (Å²) < 4.78 is 40.4. The van der Waals surface area contributed by atoms with Crippen LogP contribution in [0.15, 0.2) is 45.8 Å². The van der Waals surface area contributed by atoms with Crippen LogP contribution in [0.3, 0.4) is 0 Å². The molecule has 2 aromatic rings. The Hall–Kier alpha value is -2.09. The maximum absolute atomic E-state index is 12.9. The third-order valence-electron chi connectivity index (χ3n) is 3.05. The van der Waals surface area contributed by atoms with Gasteiger partial charge in [0.15, 0.2) is 0 Å². The van der Waals surface area contributed by atoms with Gasteiger partial charge in [0.05, 0.1) is 11.3 Å². The van der Waals surface area contributed by atoms with Crippen molar-refractivity contribution in [2.24, 2.45) is 0 Å². The van der Waals surface area contributed by atoms with Gasteiger partial charge >= 0.3 is 6.18 Å². The van der Waals surface area contributed by atoms with Crippen molar-refractivity contribution in [3.8, 4) is 0 Å². The summed E-state index contributed by atoms with van der Waals surface area (Å²) in [6.07, 6.45) is -3.17. The SMILES string of the molecule is Cc1cc(Br)cn(CC(=O)Nc2ccccc2C(F)(F)F)c1=O. The Morgan fingerprint density at radius 1 is 1.30 bits per heavy atom. The molecule has 122 valence electrons. The van der Waals surface area contributed by atoms with Crippen molar-refractivity contribution in [2.45, 2.75) is 19.6 Å². The molecular formula is C15H12BrF3N2O2. The highest BCUT2D eigenvalue weighted by Gasteiger charge is 2.33. The van der Waals surface area contributed by atoms with E-state index in [0.717, 1.165) is 16.7 Å². The molecule has 0 saturated heterocycles. The number of hydrogen-bond acceptors (Lipinski definition) is 2. The molecule has 0 aliphatic rings. The predicted octanol–water partition coefficient (Wildman–Crippen LogP) is 3.58. The third kappa shape index (κ3) is 4.22. The molecule has 1 aromatic carbocycles. The predicted molar refractivity (Wildman–Crippen MR) is 83.2 cm³/mol. The molecule has 0 bridgehead atoms. The van der Waals surface area contributed by atoms with E-state index >= 15 is 0 Å². The Bertz CT molecular complexity index is 800. The summed E-state index contributed by atoms with van der Waals surface area (Å²) in [6.45, 7) is 1.20. The average Bonchev–Trinajstić information content (AvgIpc) is 2.43. The first-order valence-electron chi connectivity index (χ1n) is 6.51. The zero-order chi connectivity index (χ0) is 17.2. The molecule has 0 aliphatic carbocycles. The first-order chi connectivity index (χ1) is 10.7. The number of halogens is 4. The molecule has 1 amide bonds. The molecular weight excluding hydrogens is 377 g/mol. The number of benzene rings is 1. The van der Waals surface area contributed by atoms with Crippen molar-refractivity contribution >= 4 is 27.5 Å². The number of amides is 1. The van der Waals surface area contributed by atoms with Gasteiger partial charge in [-0.25, -0.2) is 0 Å². The van der Waals surface area contributed by atoms with Crippen LogP contribution in [0.1, 0.15) is 11.1 Å². The van der Waals surface area contributed by atoms with Crippen molar-refractivity contribution in [1.29, 1.82) is 0 Å². The molecule has 0 unspecified atom stereocenters. The van der Waals surface area contributed by atoms with Gasteiger partial charge < -0.3 is 9.88 Å². The molecule has 0 spiro atoms. The fourth-order valence-electron chi connectivity index (χ4n) is 2.04. The Morgan fingerprint density at radius 2 is 1.96 bits per heavy atom. The Balaban J connectivity index is 2.24. The summed E-state index contributed by atoms with van der Waals surface area (Å²) in [5.74, 6) is -0.721. The smallest absolute Gasteiger partial charge is 0.324 e. The molecule has 0 fully saturated rings. The Morgan fingerprint density at radius 3 is 2.61 bits per heavy atom. The molecule has 2 rings (SSSR count). The number of nitrogens with zero attached hydrogens (tertiary/aromatic N) is 1. The van der Waals surface area contributed by atoms with Gasteiger partial charge in [-0.05, 0) is 41.1 Å². The molecule has 0 aliphatic heterocycles. The van der Waals surface area contributed by atoms with Crippen LogP contribution in [0.2, 0.25) is 0 Å². The second-order valence-corrected chi connectivity index (χ2v) is 5.78. The number of carbonyl (C=O) groups excluding carboxylic acids is 1. The second kappa shape index (κ2) is 6.57. The molecule has 1 heterocycles. The van der Waals surface area contributed by atoms with Crippen molar-refractivity contribution in [2.75, 3.05) is 5.32 Å². The lowest BCUT2D eigenvalue weighted by atomic mass is 10.1. The second-order valence-electron chi connectivity index (χ2n) is 4.87. The zero-order valence-corrected chi connectivity index (χ0v) is 13.5. The molecule has 1 aromatic heterocycles. The maximum Gasteiger partial charge on any atom is 0.418 e. The first-order valence-corrected chi connectivity index (χ1v) is 7.30. The van der Waals surface area contributed by atoms with Gasteiger partial charge in [0, 0.05) is 16.2 Å². The van der Waals surface area contributed by atoms with Crippen molar-refractivity contribution in [3.63, 3.8) is 0 Å². The van der Waals surface area contributed by atoms with E-state index in [2.05, 4.69) is 21.2 Å². The lowest BCUT2D eigenvalue weighted by molar-refractivity contribution is -0.137. The van der Waals surface area contributed by atoms with E-state index in [1.54, 1.807) is 13.0 Å². The van der Waals surface area contributed by atoms with E-state index in [-0.39, 0.29) is 17.8 Å². The molecule has 0 atom stereocenters. The van der Waals surface area contributed by atoms with Crippen LogP contribution in [-0.4, -0.2) is 10.5 Å². The fraction of sp³-hybridized carbons (Fsp3) is 0.200. The molecule has 0 saturated carbocycles. The monoisotopic (exact) mass is 388 g/mol. The minimum Gasteiger partial charge on any atom is -0.324 e. The van der Waals surface area contributed by atoms with Crippen LogP contribution in [-0.2, 0) is 17.5 Å². The number of carbonyl (C=O) groups is 1. The highest BCUT2D eigenvalue weighted by molar-refractivity contribution is 9.10. The maximum atomic E-state index is 12.9. The number of hydrogen-bond donors (Lipinski definition) is 1. The van der Waals surface area contributed by atoms with E-state index in [1.807, 2.05) is 0 Å². The summed E-state index contributed by atoms with van der Waals surface area (Å²) in [7, 11) is 0. The standard InChI is InChI=1S/C15H12BrF3N2O2/c1-9-6-10(16)7-21(14(9)23)8-13(22)20-12-5-3-2-4-11(12)15(17,18)19/h2-7H,8H2,1H3,(H,20,22). The Kier molecular flexibility index (Phi) is 4.93. The van der Waals surface area contributed by atoms with Crippen LogP contribution < -0.4 is 10.9 Å². The number of rotatable bonds is 3. The highest BCUT2D eigenvalue weighted by Crippen LogP contribution is 2.34. The number of alkyl halides is 3. The van der Waals surface area contributed by atoms with Gasteiger partial charge in [-0.3, -0.25) is 9.59 Å². The molecule has 0 radical (unpaired) electrons. The van der Waals surface area contributed by atoms with E-state index in [0.29, 0.717) is 10.0 Å². The minimum absolute atomic E-state index is 0.343. The zero-order valence-electron chi connectivity index (χ0n) is 11.9. The lowest BCUT2D eigenvalue weighted by Gasteiger charge is -2.14.